The van der Waals surface area contributed by atoms with E-state index in [4.69, 9.17) is 0 Å². The predicted molar refractivity (Wildman–Crippen MR) is 285 cm³/mol. The SMILES string of the molecule is CC1(C)c2ccccc2-c2ccc(N(c3ccc(-c4ccc(N(c5ccccc5)c5ccccc5)cc4)cc3)c3ccc(-c4c5ccccc5c(-c5ccccc5)c5ccccc45)cc3)cc21. The third kappa shape index (κ3) is 6.97. The Hall–Kier alpha value is -8.46. The van der Waals surface area contributed by atoms with Crippen LogP contribution in [0.25, 0.3) is 66.1 Å². The van der Waals surface area contributed by atoms with Gasteiger partial charge in [0.25, 0.3) is 0 Å². The molecule has 0 aromatic heterocycles. The van der Waals surface area contributed by atoms with E-state index in [-0.39, 0.29) is 5.41 Å². The molecule has 0 fully saturated rings. The minimum atomic E-state index is -0.127. The Morgan fingerprint density at radius 2 is 0.582 bits per heavy atom. The first-order chi connectivity index (χ1) is 33.0. The number of fused-ring (bicyclic) bond motifs is 5. The molecule has 0 heterocycles. The fourth-order valence-electron chi connectivity index (χ4n) is 10.6. The molecule has 0 saturated carbocycles. The summed E-state index contributed by atoms with van der Waals surface area (Å²) in [5.74, 6) is 0. The maximum atomic E-state index is 2.42. The summed E-state index contributed by atoms with van der Waals surface area (Å²) in [5, 5.41) is 5.02. The minimum Gasteiger partial charge on any atom is -0.311 e. The molecular formula is C65H48N2. The van der Waals surface area contributed by atoms with E-state index in [0.29, 0.717) is 0 Å². The van der Waals surface area contributed by atoms with Gasteiger partial charge in [-0.25, -0.2) is 0 Å². The molecule has 0 amide bonds. The van der Waals surface area contributed by atoms with Crippen LogP contribution in [0.3, 0.4) is 0 Å². The van der Waals surface area contributed by atoms with Crippen molar-refractivity contribution in [1.82, 2.24) is 0 Å². The van der Waals surface area contributed by atoms with Gasteiger partial charge in [0.1, 0.15) is 0 Å². The quantitative estimate of drug-likeness (QED) is 0.133. The monoisotopic (exact) mass is 856 g/mol. The van der Waals surface area contributed by atoms with Gasteiger partial charge in [-0.15, -0.1) is 0 Å². The first-order valence-corrected chi connectivity index (χ1v) is 23.3. The summed E-state index contributed by atoms with van der Waals surface area (Å²) in [6.07, 6.45) is 0. The van der Waals surface area contributed by atoms with Gasteiger partial charge < -0.3 is 9.80 Å². The molecule has 318 valence electrons. The predicted octanol–water partition coefficient (Wildman–Crippen LogP) is 18.2. The first-order valence-electron chi connectivity index (χ1n) is 23.3. The maximum absolute atomic E-state index is 2.42. The van der Waals surface area contributed by atoms with Gasteiger partial charge in [0.05, 0.1) is 0 Å². The molecule has 1 aliphatic carbocycles. The molecule has 0 atom stereocenters. The third-order valence-corrected chi connectivity index (χ3v) is 13.8. The average molecular weight is 857 g/mol. The van der Waals surface area contributed by atoms with Crippen LogP contribution < -0.4 is 9.80 Å². The molecule has 1 aliphatic rings. The van der Waals surface area contributed by atoms with Gasteiger partial charge in [-0.2, -0.15) is 0 Å². The van der Waals surface area contributed by atoms with Crippen LogP contribution in [0.1, 0.15) is 25.0 Å². The van der Waals surface area contributed by atoms with Crippen molar-refractivity contribution in [2.75, 3.05) is 9.80 Å². The third-order valence-electron chi connectivity index (χ3n) is 13.8. The normalized spacial score (nSPS) is 12.4. The van der Waals surface area contributed by atoms with Gasteiger partial charge in [-0.05, 0) is 150 Å². The van der Waals surface area contributed by atoms with E-state index in [1.54, 1.807) is 0 Å². The van der Waals surface area contributed by atoms with Gasteiger partial charge in [0.2, 0.25) is 0 Å². The van der Waals surface area contributed by atoms with Crippen LogP contribution in [-0.4, -0.2) is 0 Å². The molecular weight excluding hydrogens is 809 g/mol. The zero-order valence-corrected chi connectivity index (χ0v) is 37.6. The molecule has 2 nitrogen and oxygen atoms in total. The highest BCUT2D eigenvalue weighted by molar-refractivity contribution is 6.21. The lowest BCUT2D eigenvalue weighted by molar-refractivity contribution is 0.660. The second-order valence-electron chi connectivity index (χ2n) is 18.1. The van der Waals surface area contributed by atoms with E-state index >= 15 is 0 Å². The molecule has 67 heavy (non-hydrogen) atoms. The van der Waals surface area contributed by atoms with E-state index in [9.17, 15) is 0 Å². The Bertz CT molecular complexity index is 3460. The van der Waals surface area contributed by atoms with Crippen LogP contribution in [0.4, 0.5) is 34.1 Å². The molecule has 0 aliphatic heterocycles. The van der Waals surface area contributed by atoms with Gasteiger partial charge in [0, 0.05) is 39.5 Å². The summed E-state index contributed by atoms with van der Waals surface area (Å²) < 4.78 is 0. The van der Waals surface area contributed by atoms with Crippen LogP contribution >= 0.6 is 0 Å². The Labute approximate surface area is 393 Å². The molecule has 0 saturated heterocycles. The molecule has 12 rings (SSSR count). The van der Waals surface area contributed by atoms with Crippen molar-refractivity contribution in [3.63, 3.8) is 0 Å². The summed E-state index contributed by atoms with van der Waals surface area (Å²) >= 11 is 0. The summed E-state index contributed by atoms with van der Waals surface area (Å²) in [7, 11) is 0. The van der Waals surface area contributed by atoms with Crippen molar-refractivity contribution in [2.45, 2.75) is 19.3 Å². The van der Waals surface area contributed by atoms with Gasteiger partial charge in [0.15, 0.2) is 0 Å². The highest BCUT2D eigenvalue weighted by Gasteiger charge is 2.35. The van der Waals surface area contributed by atoms with Crippen molar-refractivity contribution in [1.29, 1.82) is 0 Å². The Balaban J connectivity index is 0.947. The molecule has 0 bridgehead atoms. The molecule has 0 unspecified atom stereocenters. The van der Waals surface area contributed by atoms with E-state index in [0.717, 1.165) is 34.1 Å². The highest BCUT2D eigenvalue weighted by Crippen LogP contribution is 2.51. The second-order valence-corrected chi connectivity index (χ2v) is 18.1. The number of para-hydroxylation sites is 2. The number of hydrogen-bond donors (Lipinski definition) is 0. The lowest BCUT2D eigenvalue weighted by Crippen LogP contribution is -2.16. The smallest absolute Gasteiger partial charge is 0.0465 e. The summed E-state index contributed by atoms with van der Waals surface area (Å²) in [6.45, 7) is 4.72. The van der Waals surface area contributed by atoms with E-state index in [1.807, 2.05) is 0 Å². The van der Waals surface area contributed by atoms with Crippen molar-refractivity contribution in [3.8, 4) is 44.5 Å². The van der Waals surface area contributed by atoms with E-state index in [2.05, 4.69) is 278 Å². The van der Waals surface area contributed by atoms with Crippen molar-refractivity contribution in [3.05, 3.63) is 266 Å². The summed E-state index contributed by atoms with van der Waals surface area (Å²) in [6, 6.07) is 92.9. The number of nitrogens with zero attached hydrogens (tertiary/aromatic N) is 2. The molecule has 0 spiro atoms. The van der Waals surface area contributed by atoms with E-state index < -0.39 is 0 Å². The largest absolute Gasteiger partial charge is 0.311 e. The lowest BCUT2D eigenvalue weighted by atomic mass is 9.82. The molecule has 0 N–H and O–H groups in total. The number of benzene rings is 11. The molecule has 0 radical (unpaired) electrons. The highest BCUT2D eigenvalue weighted by atomic mass is 15.1. The van der Waals surface area contributed by atoms with Gasteiger partial charge >= 0.3 is 0 Å². The van der Waals surface area contributed by atoms with Gasteiger partial charge in [-0.1, -0.05) is 196 Å². The Morgan fingerprint density at radius 3 is 1.06 bits per heavy atom. The fourth-order valence-corrected chi connectivity index (χ4v) is 10.6. The molecule has 2 heteroatoms. The summed E-state index contributed by atoms with van der Waals surface area (Å²) in [4.78, 5) is 4.72. The fraction of sp³-hybridized carbons (Fsp3) is 0.0462. The number of rotatable bonds is 9. The van der Waals surface area contributed by atoms with Crippen LogP contribution in [0.15, 0.2) is 255 Å². The van der Waals surface area contributed by atoms with Crippen molar-refractivity contribution in [2.24, 2.45) is 0 Å². The Morgan fingerprint density at radius 1 is 0.254 bits per heavy atom. The standard InChI is InChI=1S/C65H48N2/c1-65(2)61-29-17-16-24-55(61)56-43-42-54(44-62(56)65)67(52-38-32-46(33-39-52)45-30-36-51(37-31-45)66(49-20-8-4-9-21-49)50-22-10-5-11-23-50)53-40-34-48(35-41-53)64-59-27-14-12-25-57(59)63(47-18-6-3-7-19-47)58-26-13-15-28-60(58)64/h3-44H,1-2H3. The molecule has 11 aromatic rings. The van der Waals surface area contributed by atoms with Crippen LogP contribution in [0.2, 0.25) is 0 Å². The first kappa shape index (κ1) is 40.1. The zero-order chi connectivity index (χ0) is 44.9. The van der Waals surface area contributed by atoms with Crippen LogP contribution in [-0.2, 0) is 5.41 Å². The Kier molecular flexibility index (Phi) is 9.88. The zero-order valence-electron chi connectivity index (χ0n) is 37.6. The minimum absolute atomic E-state index is 0.127. The average Bonchev–Trinajstić information content (AvgIpc) is 3.62. The van der Waals surface area contributed by atoms with E-state index in [1.165, 1.54) is 77.2 Å². The number of hydrogen-bond acceptors (Lipinski definition) is 2. The maximum Gasteiger partial charge on any atom is 0.0465 e. The van der Waals surface area contributed by atoms with Crippen molar-refractivity contribution >= 4 is 55.7 Å². The van der Waals surface area contributed by atoms with Crippen LogP contribution in [0.5, 0.6) is 0 Å². The van der Waals surface area contributed by atoms with Crippen LogP contribution in [0, 0.1) is 0 Å². The van der Waals surface area contributed by atoms with Crippen molar-refractivity contribution < 1.29 is 0 Å². The topological polar surface area (TPSA) is 6.48 Å². The number of anilines is 6. The molecule has 11 aromatic carbocycles. The lowest BCUT2D eigenvalue weighted by Gasteiger charge is -2.28. The second kappa shape index (κ2) is 16.5. The van der Waals surface area contributed by atoms with Gasteiger partial charge in [-0.3, -0.25) is 0 Å². The summed E-state index contributed by atoms with van der Waals surface area (Å²) in [5.41, 5.74) is 19.2.